The van der Waals surface area contributed by atoms with E-state index in [0.29, 0.717) is 5.92 Å². The summed E-state index contributed by atoms with van der Waals surface area (Å²) >= 11 is 0. The molecule has 0 atom stereocenters. The molecule has 3 heteroatoms. The molecular weight excluding hydrogens is 174 g/mol. The molecule has 0 aliphatic heterocycles. The third-order valence-electron chi connectivity index (χ3n) is 2.07. The van der Waals surface area contributed by atoms with E-state index >= 15 is 0 Å². The molecular formula is C11H19N3. The highest BCUT2D eigenvalue weighted by Gasteiger charge is 2.07. The molecule has 3 nitrogen and oxygen atoms in total. The van der Waals surface area contributed by atoms with Gasteiger partial charge in [-0.25, -0.2) is 4.98 Å². The van der Waals surface area contributed by atoms with E-state index in [-0.39, 0.29) is 0 Å². The van der Waals surface area contributed by atoms with Crippen molar-refractivity contribution in [3.05, 3.63) is 17.8 Å². The van der Waals surface area contributed by atoms with E-state index in [0.717, 1.165) is 23.6 Å². The molecule has 1 aromatic heterocycles. The Morgan fingerprint density at radius 2 is 2.14 bits per heavy atom. The van der Waals surface area contributed by atoms with Gasteiger partial charge in [-0.15, -0.1) is 0 Å². The van der Waals surface area contributed by atoms with Crippen molar-refractivity contribution in [1.82, 2.24) is 4.98 Å². The average molecular weight is 193 g/mol. The molecule has 0 spiro atoms. The number of anilines is 2. The van der Waals surface area contributed by atoms with Crippen LogP contribution in [0.15, 0.2) is 12.3 Å². The van der Waals surface area contributed by atoms with Crippen molar-refractivity contribution in [3.8, 4) is 0 Å². The number of nitrogens with zero attached hydrogens (tertiary/aromatic N) is 2. The summed E-state index contributed by atoms with van der Waals surface area (Å²) < 4.78 is 0. The molecule has 0 saturated heterocycles. The number of nitrogens with two attached hydrogens (primary N) is 1. The van der Waals surface area contributed by atoms with Gasteiger partial charge in [-0.1, -0.05) is 13.8 Å². The second-order valence-electron chi connectivity index (χ2n) is 4.18. The van der Waals surface area contributed by atoms with Gasteiger partial charge in [0.05, 0.1) is 11.9 Å². The lowest BCUT2D eigenvalue weighted by Gasteiger charge is -2.22. The molecule has 0 fully saturated rings. The van der Waals surface area contributed by atoms with E-state index < -0.39 is 0 Å². The maximum Gasteiger partial charge on any atom is 0.131 e. The van der Waals surface area contributed by atoms with Crippen LogP contribution in [0.2, 0.25) is 0 Å². The maximum absolute atomic E-state index is 5.65. The van der Waals surface area contributed by atoms with Gasteiger partial charge in [0.15, 0.2) is 0 Å². The van der Waals surface area contributed by atoms with Crippen molar-refractivity contribution in [2.45, 2.75) is 20.8 Å². The number of rotatable bonds is 3. The Balaban J connectivity index is 2.84. The third kappa shape index (κ3) is 2.62. The van der Waals surface area contributed by atoms with Crippen molar-refractivity contribution in [1.29, 1.82) is 0 Å². The summed E-state index contributed by atoms with van der Waals surface area (Å²) in [4.78, 5) is 6.50. The van der Waals surface area contributed by atoms with Crippen LogP contribution in [0.4, 0.5) is 11.5 Å². The summed E-state index contributed by atoms with van der Waals surface area (Å²) in [6, 6.07) is 1.96. The standard InChI is InChI=1S/C11H19N3/c1-8(2)7-14(4)11-9(3)5-10(12)6-13-11/h5-6,8H,7,12H2,1-4H3. The Morgan fingerprint density at radius 1 is 1.50 bits per heavy atom. The Bertz CT molecular complexity index is 307. The first kappa shape index (κ1) is 10.8. The Hall–Kier alpha value is -1.25. The van der Waals surface area contributed by atoms with Gasteiger partial charge in [0.2, 0.25) is 0 Å². The molecule has 0 radical (unpaired) electrons. The van der Waals surface area contributed by atoms with Crippen LogP contribution < -0.4 is 10.6 Å². The lowest BCUT2D eigenvalue weighted by atomic mass is 10.2. The summed E-state index contributed by atoms with van der Waals surface area (Å²) in [6.07, 6.45) is 1.71. The molecule has 2 N–H and O–H groups in total. The average Bonchev–Trinajstić information content (AvgIpc) is 2.01. The highest BCUT2D eigenvalue weighted by atomic mass is 15.2. The first-order valence-electron chi connectivity index (χ1n) is 4.94. The molecule has 0 saturated carbocycles. The predicted octanol–water partition coefficient (Wildman–Crippen LogP) is 2.06. The van der Waals surface area contributed by atoms with Crippen LogP contribution in [-0.2, 0) is 0 Å². The SMILES string of the molecule is Cc1cc(N)cnc1N(C)CC(C)C. The Morgan fingerprint density at radius 3 is 2.64 bits per heavy atom. The molecule has 1 rings (SSSR count). The molecule has 0 aromatic carbocycles. The summed E-state index contributed by atoms with van der Waals surface area (Å²) in [7, 11) is 2.06. The molecule has 14 heavy (non-hydrogen) atoms. The normalized spacial score (nSPS) is 10.6. The largest absolute Gasteiger partial charge is 0.397 e. The molecule has 0 unspecified atom stereocenters. The first-order valence-corrected chi connectivity index (χ1v) is 4.94. The lowest BCUT2D eigenvalue weighted by Crippen LogP contribution is -2.24. The number of aryl methyl sites for hydroxylation is 1. The van der Waals surface area contributed by atoms with Crippen LogP contribution in [-0.4, -0.2) is 18.6 Å². The zero-order valence-corrected chi connectivity index (χ0v) is 9.41. The fourth-order valence-corrected chi connectivity index (χ4v) is 1.62. The van der Waals surface area contributed by atoms with Crippen molar-refractivity contribution in [3.63, 3.8) is 0 Å². The van der Waals surface area contributed by atoms with Gasteiger partial charge in [-0.05, 0) is 24.5 Å². The predicted molar refractivity (Wildman–Crippen MR) is 61.5 cm³/mol. The molecule has 0 amide bonds. The zero-order chi connectivity index (χ0) is 10.7. The quantitative estimate of drug-likeness (QED) is 0.799. The smallest absolute Gasteiger partial charge is 0.131 e. The van der Waals surface area contributed by atoms with Crippen molar-refractivity contribution in [2.24, 2.45) is 5.92 Å². The van der Waals surface area contributed by atoms with E-state index in [9.17, 15) is 0 Å². The molecule has 0 aliphatic carbocycles. The summed E-state index contributed by atoms with van der Waals surface area (Å²) in [5, 5.41) is 0. The third-order valence-corrected chi connectivity index (χ3v) is 2.07. The van der Waals surface area contributed by atoms with Crippen molar-refractivity contribution in [2.75, 3.05) is 24.2 Å². The van der Waals surface area contributed by atoms with E-state index in [1.54, 1.807) is 6.20 Å². The van der Waals surface area contributed by atoms with Crippen LogP contribution in [0.5, 0.6) is 0 Å². The number of aromatic nitrogens is 1. The second kappa shape index (κ2) is 4.31. The van der Waals surface area contributed by atoms with E-state index in [1.165, 1.54) is 0 Å². The van der Waals surface area contributed by atoms with E-state index in [1.807, 2.05) is 13.0 Å². The van der Waals surface area contributed by atoms with Crippen molar-refractivity contribution >= 4 is 11.5 Å². The zero-order valence-electron chi connectivity index (χ0n) is 9.41. The van der Waals surface area contributed by atoms with Gasteiger partial charge >= 0.3 is 0 Å². The van der Waals surface area contributed by atoms with E-state index in [2.05, 4.69) is 30.8 Å². The number of hydrogen-bond donors (Lipinski definition) is 1. The van der Waals surface area contributed by atoms with Gasteiger partial charge in [0.25, 0.3) is 0 Å². The minimum Gasteiger partial charge on any atom is -0.397 e. The Labute approximate surface area is 85.9 Å². The Kier molecular flexibility index (Phi) is 3.33. The van der Waals surface area contributed by atoms with Gasteiger partial charge in [0.1, 0.15) is 5.82 Å². The highest BCUT2D eigenvalue weighted by Crippen LogP contribution is 2.18. The lowest BCUT2D eigenvalue weighted by molar-refractivity contribution is 0.634. The monoisotopic (exact) mass is 193 g/mol. The van der Waals surface area contributed by atoms with Crippen LogP contribution in [0.1, 0.15) is 19.4 Å². The number of nitrogen functional groups attached to an aromatic ring is 1. The van der Waals surface area contributed by atoms with E-state index in [4.69, 9.17) is 5.73 Å². The van der Waals surface area contributed by atoms with Crippen LogP contribution in [0, 0.1) is 12.8 Å². The second-order valence-corrected chi connectivity index (χ2v) is 4.18. The molecule has 78 valence electrons. The fraction of sp³-hybridized carbons (Fsp3) is 0.545. The topological polar surface area (TPSA) is 42.1 Å². The van der Waals surface area contributed by atoms with Gasteiger partial charge < -0.3 is 10.6 Å². The van der Waals surface area contributed by atoms with Crippen LogP contribution in [0.25, 0.3) is 0 Å². The van der Waals surface area contributed by atoms with Gasteiger partial charge in [0, 0.05) is 13.6 Å². The maximum atomic E-state index is 5.65. The van der Waals surface area contributed by atoms with Crippen LogP contribution >= 0.6 is 0 Å². The highest BCUT2D eigenvalue weighted by molar-refractivity contribution is 5.52. The summed E-state index contributed by atoms with van der Waals surface area (Å²) in [5.74, 6) is 1.66. The van der Waals surface area contributed by atoms with Gasteiger partial charge in [-0.3, -0.25) is 0 Å². The molecule has 1 heterocycles. The molecule has 1 aromatic rings. The summed E-state index contributed by atoms with van der Waals surface area (Å²) in [5.41, 5.74) is 7.51. The molecule has 0 bridgehead atoms. The minimum absolute atomic E-state index is 0.638. The minimum atomic E-state index is 0.638. The van der Waals surface area contributed by atoms with Crippen LogP contribution in [0.3, 0.4) is 0 Å². The number of pyridine rings is 1. The van der Waals surface area contributed by atoms with Crippen molar-refractivity contribution < 1.29 is 0 Å². The molecule has 0 aliphatic rings. The van der Waals surface area contributed by atoms with Gasteiger partial charge in [-0.2, -0.15) is 0 Å². The fourth-order valence-electron chi connectivity index (χ4n) is 1.62. The first-order chi connectivity index (χ1) is 6.50. The summed E-state index contributed by atoms with van der Waals surface area (Å²) in [6.45, 7) is 7.44. The number of hydrogen-bond acceptors (Lipinski definition) is 3.